The third-order valence-electron chi connectivity index (χ3n) is 7.47. The Balaban J connectivity index is 0.000000144. The molecule has 1 saturated heterocycles. The number of benzene rings is 2. The van der Waals surface area contributed by atoms with Gasteiger partial charge in [-0.1, -0.05) is 98.9 Å². The van der Waals surface area contributed by atoms with Gasteiger partial charge in [0.1, 0.15) is 0 Å². The van der Waals surface area contributed by atoms with E-state index in [0.717, 1.165) is 46.5 Å². The van der Waals surface area contributed by atoms with E-state index in [-0.39, 0.29) is 22.0 Å². The normalized spacial score (nSPS) is 29.8. The van der Waals surface area contributed by atoms with Crippen molar-refractivity contribution >= 4 is 31.8 Å². The van der Waals surface area contributed by atoms with E-state index >= 15 is 0 Å². The molecule has 3 fully saturated rings. The Bertz CT molecular complexity index is 1030. The molecule has 158 valence electrons. The number of piperidine rings is 1. The van der Waals surface area contributed by atoms with E-state index < -0.39 is 0 Å². The molecule has 1 aliphatic heterocycles. The number of aromatic nitrogens is 1. The fourth-order valence-electron chi connectivity index (χ4n) is 6.08. The van der Waals surface area contributed by atoms with Gasteiger partial charge in [0.05, 0.1) is 5.52 Å². The minimum atomic E-state index is -0.293. The summed E-state index contributed by atoms with van der Waals surface area (Å²) in [6.45, 7) is 1.02. The van der Waals surface area contributed by atoms with Crippen LogP contribution >= 0.6 is 0 Å². The van der Waals surface area contributed by atoms with Gasteiger partial charge in [-0.3, -0.25) is 4.98 Å². The first-order valence-corrected chi connectivity index (χ1v) is 11.5. The average molecular weight is 411 g/mol. The number of pyridine rings is 1. The van der Waals surface area contributed by atoms with Crippen LogP contribution in [0.2, 0.25) is 0 Å². The summed E-state index contributed by atoms with van der Waals surface area (Å²) < 4.78 is 0. The second-order valence-electron chi connectivity index (χ2n) is 9.18. The van der Waals surface area contributed by atoms with Crippen molar-refractivity contribution in [3.8, 4) is 5.75 Å². The van der Waals surface area contributed by atoms with Crippen molar-refractivity contribution in [1.82, 2.24) is 4.98 Å². The molecule has 3 aliphatic rings. The molecule has 2 heterocycles. The standard InChI is InChI=1S/C13H21NO.C13H9NO.Be/c2*15-11-5-1-3-9-6-7-10-4-2-8-14-13(10)12(9)11;/h9-13H,1-8H2;1-8,15H;/q-2;;+2/p-1. The summed E-state index contributed by atoms with van der Waals surface area (Å²) in [7, 11) is 0. The van der Waals surface area contributed by atoms with Gasteiger partial charge in [0.25, 0.3) is 0 Å². The fraction of sp³-hybridized carbons (Fsp3) is 0.500. The molecule has 0 radical (unpaired) electrons. The summed E-state index contributed by atoms with van der Waals surface area (Å²) in [6.07, 6.45) is 10.1. The molecule has 0 N–H and O–H groups in total. The van der Waals surface area contributed by atoms with Gasteiger partial charge in [0.15, 0.2) is 0 Å². The molecule has 5 atom stereocenters. The molecule has 0 amide bonds. The van der Waals surface area contributed by atoms with Crippen molar-refractivity contribution in [2.75, 3.05) is 6.54 Å². The Kier molecular flexibility index (Phi) is 6.91. The topological polar surface area (TPSA) is 73.1 Å². The van der Waals surface area contributed by atoms with Crippen LogP contribution in [0.3, 0.4) is 0 Å². The first-order chi connectivity index (χ1) is 14.7. The van der Waals surface area contributed by atoms with Crippen molar-refractivity contribution in [2.45, 2.75) is 57.1 Å². The Morgan fingerprint density at radius 2 is 1.61 bits per heavy atom. The van der Waals surface area contributed by atoms with Gasteiger partial charge in [-0.15, -0.1) is 18.7 Å². The van der Waals surface area contributed by atoms with Crippen molar-refractivity contribution < 1.29 is 10.2 Å². The molecular weight excluding hydrogens is 381 g/mol. The van der Waals surface area contributed by atoms with Gasteiger partial charge in [-0.05, 0) is 17.4 Å². The smallest absolute Gasteiger partial charge is 0.872 e. The molecule has 31 heavy (non-hydrogen) atoms. The van der Waals surface area contributed by atoms with Crippen molar-refractivity contribution in [3.63, 3.8) is 0 Å². The molecule has 4 nitrogen and oxygen atoms in total. The van der Waals surface area contributed by atoms with Gasteiger partial charge in [-0.2, -0.15) is 0 Å². The SMILES string of the molecule is [Be+2].[O-]C1CCCC2CCC3CCC[N-]C3C12.[O-]c1cccc2ccc3cccnc3c12. The predicted octanol–water partition coefficient (Wildman–Crippen LogP) is 4.16. The third-order valence-corrected chi connectivity index (χ3v) is 7.47. The van der Waals surface area contributed by atoms with Crippen LogP contribution in [0, 0.1) is 17.8 Å². The minimum absolute atomic E-state index is 0. The first-order valence-electron chi connectivity index (χ1n) is 11.5. The summed E-state index contributed by atoms with van der Waals surface area (Å²) in [5, 5.41) is 31.3. The van der Waals surface area contributed by atoms with E-state index in [1.165, 1.54) is 38.5 Å². The van der Waals surface area contributed by atoms with E-state index in [0.29, 0.717) is 12.0 Å². The molecule has 3 aromatic rings. The summed E-state index contributed by atoms with van der Waals surface area (Å²) in [6, 6.07) is 13.5. The zero-order valence-corrected chi connectivity index (χ0v) is 18.1. The molecule has 1 aromatic heterocycles. The molecule has 0 bridgehead atoms. The van der Waals surface area contributed by atoms with Gasteiger partial charge in [-0.25, -0.2) is 0 Å². The Morgan fingerprint density at radius 3 is 2.52 bits per heavy atom. The quantitative estimate of drug-likeness (QED) is 0.413. The second-order valence-corrected chi connectivity index (χ2v) is 9.18. The van der Waals surface area contributed by atoms with E-state index in [1.807, 2.05) is 30.3 Å². The molecule has 2 aromatic carbocycles. The summed E-state index contributed by atoms with van der Waals surface area (Å²) in [4.78, 5) is 4.27. The fourth-order valence-corrected chi connectivity index (χ4v) is 6.08. The Morgan fingerprint density at radius 1 is 0.839 bits per heavy atom. The van der Waals surface area contributed by atoms with Gasteiger partial charge in [0, 0.05) is 17.0 Å². The van der Waals surface area contributed by atoms with Crippen LogP contribution in [-0.2, 0) is 0 Å². The summed E-state index contributed by atoms with van der Waals surface area (Å²) >= 11 is 0. The van der Waals surface area contributed by atoms with Gasteiger partial charge < -0.3 is 15.5 Å². The Hall–Kier alpha value is -2.00. The zero-order valence-electron chi connectivity index (χ0n) is 18.1. The van der Waals surface area contributed by atoms with E-state index in [2.05, 4.69) is 4.98 Å². The number of nitrogens with zero attached hydrogens (tertiary/aromatic N) is 2. The van der Waals surface area contributed by atoms with Crippen LogP contribution in [0.25, 0.3) is 27.0 Å². The van der Waals surface area contributed by atoms with Crippen molar-refractivity contribution in [2.24, 2.45) is 17.8 Å². The van der Waals surface area contributed by atoms with Crippen LogP contribution in [0.1, 0.15) is 44.9 Å². The average Bonchev–Trinajstić information content (AvgIpc) is 2.79. The number of hydrogen-bond donors (Lipinski definition) is 0. The van der Waals surface area contributed by atoms with Crippen LogP contribution in [0.4, 0.5) is 0 Å². The maximum Gasteiger partial charge on any atom is 2.00 e. The first kappa shape index (κ1) is 22.2. The third kappa shape index (κ3) is 4.34. The molecule has 2 saturated carbocycles. The number of rotatable bonds is 0. The van der Waals surface area contributed by atoms with Gasteiger partial charge >= 0.3 is 10.1 Å². The summed E-state index contributed by atoms with van der Waals surface area (Å²) in [5.74, 6) is 1.95. The van der Waals surface area contributed by atoms with Crippen LogP contribution < -0.4 is 10.2 Å². The molecule has 5 heteroatoms. The monoisotopic (exact) mass is 410 g/mol. The molecule has 2 aliphatic carbocycles. The van der Waals surface area contributed by atoms with Crippen LogP contribution in [0.5, 0.6) is 5.75 Å². The zero-order chi connectivity index (χ0) is 20.5. The van der Waals surface area contributed by atoms with Crippen LogP contribution in [-0.4, -0.2) is 33.8 Å². The molecular formula is C26H29BeN2O2-. The Labute approximate surface area is 188 Å². The van der Waals surface area contributed by atoms with Gasteiger partial charge in [0.2, 0.25) is 0 Å². The van der Waals surface area contributed by atoms with E-state index in [9.17, 15) is 10.2 Å². The molecule has 5 unspecified atom stereocenters. The second kappa shape index (κ2) is 9.65. The maximum atomic E-state index is 12.1. The van der Waals surface area contributed by atoms with E-state index in [4.69, 9.17) is 5.32 Å². The number of fused-ring (bicyclic) bond motifs is 6. The summed E-state index contributed by atoms with van der Waals surface area (Å²) in [5.41, 5.74) is 0.792. The van der Waals surface area contributed by atoms with Crippen LogP contribution in [0.15, 0.2) is 48.7 Å². The largest absolute Gasteiger partial charge is 2.00 e. The minimum Gasteiger partial charge on any atom is -0.872 e. The molecule has 6 rings (SSSR count). The van der Waals surface area contributed by atoms with E-state index in [1.54, 1.807) is 18.3 Å². The predicted molar refractivity (Wildman–Crippen MR) is 123 cm³/mol. The van der Waals surface area contributed by atoms with Crippen molar-refractivity contribution in [3.05, 3.63) is 54.0 Å². The van der Waals surface area contributed by atoms with Crippen molar-refractivity contribution in [1.29, 1.82) is 0 Å². The maximum absolute atomic E-state index is 12.1. The number of hydrogen-bond acceptors (Lipinski definition) is 3. The molecule has 0 spiro atoms.